The first-order chi connectivity index (χ1) is 13.6. The third-order valence-corrected chi connectivity index (χ3v) is 4.25. The van der Waals surface area contributed by atoms with E-state index in [-0.39, 0.29) is 19.1 Å². The van der Waals surface area contributed by atoms with Crippen molar-refractivity contribution in [1.82, 2.24) is 15.0 Å². The van der Waals surface area contributed by atoms with E-state index in [4.69, 9.17) is 9.26 Å². The van der Waals surface area contributed by atoms with Crippen LogP contribution in [-0.4, -0.2) is 34.1 Å². The molecule has 0 N–H and O–H groups in total. The number of para-hydroxylation sites is 1. The Labute approximate surface area is 164 Å². The van der Waals surface area contributed by atoms with Gasteiger partial charge in [-0.1, -0.05) is 59.3 Å². The highest BCUT2D eigenvalue weighted by Gasteiger charge is 2.18. The molecule has 3 rings (SSSR count). The Morgan fingerprint density at radius 1 is 1.18 bits per heavy atom. The molecule has 0 unspecified atom stereocenters. The number of benzene rings is 2. The first-order valence-corrected chi connectivity index (χ1v) is 9.03. The fraction of sp³-hybridized carbons (Fsp3) is 0.227. The lowest BCUT2D eigenvalue weighted by Crippen LogP contribution is -2.34. The summed E-state index contributed by atoms with van der Waals surface area (Å²) < 4.78 is 11.0. The van der Waals surface area contributed by atoms with Gasteiger partial charge in [0, 0.05) is 12.1 Å². The van der Waals surface area contributed by atoms with Crippen molar-refractivity contribution in [3.63, 3.8) is 0 Å². The predicted octanol–water partition coefficient (Wildman–Crippen LogP) is 3.95. The number of carbonyl (C=O) groups excluding carboxylic acids is 1. The maximum absolute atomic E-state index is 12.6. The summed E-state index contributed by atoms with van der Waals surface area (Å²) in [4.78, 5) is 18.6. The van der Waals surface area contributed by atoms with Gasteiger partial charge in [-0.25, -0.2) is 0 Å². The minimum atomic E-state index is -0.182. The van der Waals surface area contributed by atoms with E-state index in [2.05, 4.69) is 16.7 Å². The largest absolute Gasteiger partial charge is 0.484 e. The molecular weight excluding hydrogens is 354 g/mol. The monoisotopic (exact) mass is 377 g/mol. The topological polar surface area (TPSA) is 68.5 Å². The van der Waals surface area contributed by atoms with E-state index in [0.717, 1.165) is 16.7 Å². The Kier molecular flexibility index (Phi) is 6.22. The molecule has 0 saturated carbocycles. The van der Waals surface area contributed by atoms with Crippen LogP contribution in [-0.2, 0) is 11.3 Å². The van der Waals surface area contributed by atoms with Crippen molar-refractivity contribution in [2.45, 2.75) is 20.4 Å². The molecule has 0 fully saturated rings. The van der Waals surface area contributed by atoms with Gasteiger partial charge in [-0.3, -0.25) is 4.79 Å². The molecular formula is C22H23N3O3. The average Bonchev–Trinajstić information content (AvgIpc) is 3.16. The highest BCUT2D eigenvalue weighted by atomic mass is 16.5. The van der Waals surface area contributed by atoms with Gasteiger partial charge >= 0.3 is 0 Å². The normalized spacial score (nSPS) is 10.5. The smallest absolute Gasteiger partial charge is 0.261 e. The summed E-state index contributed by atoms with van der Waals surface area (Å²) in [6.07, 6.45) is 1.66. The van der Waals surface area contributed by atoms with E-state index in [1.807, 2.05) is 62.4 Å². The Hall–Kier alpha value is -3.41. The van der Waals surface area contributed by atoms with Crippen molar-refractivity contribution >= 4 is 5.91 Å². The van der Waals surface area contributed by atoms with Crippen LogP contribution in [0.15, 0.2) is 65.7 Å². The van der Waals surface area contributed by atoms with Gasteiger partial charge in [0.15, 0.2) is 6.61 Å². The van der Waals surface area contributed by atoms with Gasteiger partial charge < -0.3 is 14.2 Å². The summed E-state index contributed by atoms with van der Waals surface area (Å²) in [5.41, 5.74) is 3.00. The number of nitrogens with zero attached hydrogens (tertiary/aromatic N) is 3. The third-order valence-electron chi connectivity index (χ3n) is 4.25. The van der Waals surface area contributed by atoms with Gasteiger partial charge in [0.25, 0.3) is 5.91 Å². The van der Waals surface area contributed by atoms with Crippen LogP contribution in [0.2, 0.25) is 0 Å². The van der Waals surface area contributed by atoms with Crippen LogP contribution in [0.25, 0.3) is 11.4 Å². The summed E-state index contributed by atoms with van der Waals surface area (Å²) in [6, 6.07) is 15.4. The molecule has 2 aromatic carbocycles. The van der Waals surface area contributed by atoms with Crippen molar-refractivity contribution in [3.8, 4) is 17.1 Å². The van der Waals surface area contributed by atoms with E-state index in [1.165, 1.54) is 0 Å². The molecule has 3 aromatic rings. The number of amides is 1. The van der Waals surface area contributed by atoms with Gasteiger partial charge in [-0.2, -0.15) is 4.98 Å². The lowest BCUT2D eigenvalue weighted by molar-refractivity contribution is -0.133. The second-order valence-corrected chi connectivity index (χ2v) is 6.49. The summed E-state index contributed by atoms with van der Waals surface area (Å²) in [6.45, 7) is 8.15. The van der Waals surface area contributed by atoms with Crippen LogP contribution in [0, 0.1) is 13.8 Å². The number of aryl methyl sites for hydroxylation is 2. The summed E-state index contributed by atoms with van der Waals surface area (Å²) in [7, 11) is 0. The van der Waals surface area contributed by atoms with Crippen LogP contribution in [0.4, 0.5) is 0 Å². The summed E-state index contributed by atoms with van der Waals surface area (Å²) in [5.74, 6) is 1.37. The first-order valence-electron chi connectivity index (χ1n) is 9.03. The summed E-state index contributed by atoms with van der Waals surface area (Å²) in [5, 5.41) is 4.01. The maximum atomic E-state index is 12.6. The Morgan fingerprint density at radius 3 is 2.64 bits per heavy atom. The number of carbonyl (C=O) groups is 1. The number of rotatable bonds is 8. The lowest BCUT2D eigenvalue weighted by Gasteiger charge is -2.19. The predicted molar refractivity (Wildman–Crippen MR) is 107 cm³/mol. The van der Waals surface area contributed by atoms with Crippen molar-refractivity contribution in [3.05, 3.63) is 78.2 Å². The second-order valence-electron chi connectivity index (χ2n) is 6.49. The van der Waals surface area contributed by atoms with Gasteiger partial charge in [-0.05, 0) is 25.5 Å². The molecule has 28 heavy (non-hydrogen) atoms. The zero-order valence-corrected chi connectivity index (χ0v) is 16.1. The second kappa shape index (κ2) is 8.99. The Morgan fingerprint density at radius 2 is 1.93 bits per heavy atom. The fourth-order valence-corrected chi connectivity index (χ4v) is 2.66. The van der Waals surface area contributed by atoms with Gasteiger partial charge in [0.2, 0.25) is 11.7 Å². The van der Waals surface area contributed by atoms with Crippen molar-refractivity contribution in [2.75, 3.05) is 13.2 Å². The SMILES string of the molecule is C=CCN(Cc1nc(-c2ccc(C)cc2)no1)C(=O)COc1ccccc1C. The van der Waals surface area contributed by atoms with Crippen LogP contribution < -0.4 is 4.74 Å². The van der Waals surface area contributed by atoms with E-state index in [0.29, 0.717) is 24.0 Å². The molecule has 0 aliphatic carbocycles. The summed E-state index contributed by atoms with van der Waals surface area (Å²) >= 11 is 0. The highest BCUT2D eigenvalue weighted by Crippen LogP contribution is 2.18. The number of ether oxygens (including phenoxy) is 1. The molecule has 6 heteroatoms. The van der Waals surface area contributed by atoms with Crippen LogP contribution >= 0.6 is 0 Å². The van der Waals surface area contributed by atoms with Gasteiger partial charge in [0.1, 0.15) is 12.3 Å². The van der Waals surface area contributed by atoms with Gasteiger partial charge in [-0.15, -0.1) is 6.58 Å². The molecule has 0 spiro atoms. The quantitative estimate of drug-likeness (QED) is 0.556. The zero-order valence-electron chi connectivity index (χ0n) is 16.1. The van der Waals surface area contributed by atoms with Crippen molar-refractivity contribution < 1.29 is 14.1 Å². The minimum Gasteiger partial charge on any atom is -0.484 e. The number of hydrogen-bond donors (Lipinski definition) is 0. The molecule has 0 bridgehead atoms. The third kappa shape index (κ3) is 4.85. The number of hydrogen-bond acceptors (Lipinski definition) is 5. The first kappa shape index (κ1) is 19.4. The molecule has 6 nitrogen and oxygen atoms in total. The molecule has 0 radical (unpaired) electrons. The molecule has 1 aromatic heterocycles. The van der Waals surface area contributed by atoms with E-state index in [1.54, 1.807) is 11.0 Å². The van der Waals surface area contributed by atoms with Crippen molar-refractivity contribution in [2.24, 2.45) is 0 Å². The average molecular weight is 377 g/mol. The zero-order chi connectivity index (χ0) is 19.9. The standard InChI is InChI=1S/C22H23N3O3/c1-4-13-25(21(26)15-27-19-8-6-5-7-17(19)3)14-20-23-22(24-28-20)18-11-9-16(2)10-12-18/h4-12H,1,13-15H2,2-3H3. The molecule has 144 valence electrons. The molecule has 0 aliphatic rings. The van der Waals surface area contributed by atoms with E-state index >= 15 is 0 Å². The molecule has 0 atom stereocenters. The van der Waals surface area contributed by atoms with Crippen LogP contribution in [0.1, 0.15) is 17.0 Å². The highest BCUT2D eigenvalue weighted by molar-refractivity contribution is 5.78. The fourth-order valence-electron chi connectivity index (χ4n) is 2.66. The maximum Gasteiger partial charge on any atom is 0.261 e. The van der Waals surface area contributed by atoms with E-state index < -0.39 is 0 Å². The molecule has 1 heterocycles. The lowest BCUT2D eigenvalue weighted by atomic mass is 10.1. The Balaban J connectivity index is 1.65. The van der Waals surface area contributed by atoms with Gasteiger partial charge in [0.05, 0.1) is 0 Å². The minimum absolute atomic E-state index is 0.0718. The van der Waals surface area contributed by atoms with E-state index in [9.17, 15) is 4.79 Å². The Bertz CT molecular complexity index is 948. The van der Waals surface area contributed by atoms with Crippen LogP contribution in [0.3, 0.4) is 0 Å². The molecule has 0 saturated heterocycles. The molecule has 0 aliphatic heterocycles. The van der Waals surface area contributed by atoms with Crippen LogP contribution in [0.5, 0.6) is 5.75 Å². The van der Waals surface area contributed by atoms with Crippen molar-refractivity contribution in [1.29, 1.82) is 0 Å². The number of aromatic nitrogens is 2. The molecule has 1 amide bonds.